The molecule has 196 valence electrons. The Bertz CT molecular complexity index is 1410. The molecule has 1 amide bonds. The zero-order valence-electron chi connectivity index (χ0n) is 23.8. The number of aliphatic carboxylic acids is 1. The first-order chi connectivity index (χ1) is 18.5. The van der Waals surface area contributed by atoms with Crippen LogP contribution >= 0.6 is 11.8 Å². The van der Waals surface area contributed by atoms with E-state index in [9.17, 15) is 14.7 Å². The van der Waals surface area contributed by atoms with Crippen LogP contribution in [0, 0.1) is 6.92 Å². The number of hydrogen-bond acceptors (Lipinski definition) is 3. The van der Waals surface area contributed by atoms with Crippen LogP contribution in [0.4, 0.5) is 0 Å². The first-order valence-corrected chi connectivity index (χ1v) is 14.2. The Hall–Kier alpha value is -3.23. The van der Waals surface area contributed by atoms with E-state index in [1.807, 2.05) is 55.6 Å². The summed E-state index contributed by atoms with van der Waals surface area (Å²) in [5.74, 6) is -0.720. The van der Waals surface area contributed by atoms with Gasteiger partial charge in [0, 0.05) is 5.56 Å². The third kappa shape index (κ3) is 7.89. The molecule has 0 spiro atoms. The first kappa shape index (κ1) is 30.3. The summed E-state index contributed by atoms with van der Waals surface area (Å²) in [7, 11) is 0. The Labute approximate surface area is 248 Å². The number of hydrogen-bond donors (Lipinski definition) is 2. The van der Waals surface area contributed by atoms with Crippen LogP contribution in [-0.2, 0) is 17.6 Å². The number of aryl methyl sites for hydroxylation is 3. The zero-order valence-corrected chi connectivity index (χ0v) is 23.6. The maximum atomic E-state index is 13.3. The second kappa shape index (κ2) is 14.8. The monoisotopic (exact) mass is 531 g/mol. The predicted molar refractivity (Wildman–Crippen MR) is 159 cm³/mol. The summed E-state index contributed by atoms with van der Waals surface area (Å²) in [4.78, 5) is 25.1. The molecule has 0 aromatic heterocycles. The number of amides is 1. The molecule has 0 heterocycles. The molecule has 0 aliphatic carbocycles. The molecule has 0 fully saturated rings. The largest absolute Gasteiger partial charge is 1.00 e. The molecule has 6 heteroatoms. The van der Waals surface area contributed by atoms with E-state index in [4.69, 9.17) is 0 Å². The fourth-order valence-corrected chi connectivity index (χ4v) is 5.16. The minimum Gasteiger partial charge on any atom is -1.00 e. The van der Waals surface area contributed by atoms with E-state index in [1.165, 1.54) is 16.7 Å². The number of carbonyl (C=O) groups is 2. The van der Waals surface area contributed by atoms with Crippen LogP contribution in [0.2, 0.25) is 0 Å². The van der Waals surface area contributed by atoms with Gasteiger partial charge in [-0.25, -0.2) is 4.79 Å². The minimum atomic E-state index is -1.02. The molecule has 0 unspecified atom stereocenters. The summed E-state index contributed by atoms with van der Waals surface area (Å²) >= 11 is 1.56. The van der Waals surface area contributed by atoms with E-state index in [2.05, 4.69) is 59.9 Å². The number of thioether (sulfide) groups is 1. The van der Waals surface area contributed by atoms with Crippen molar-refractivity contribution in [3.05, 3.63) is 119 Å². The molecule has 0 bridgehead atoms. The van der Waals surface area contributed by atoms with Gasteiger partial charge in [0.1, 0.15) is 6.04 Å². The molecule has 0 aliphatic rings. The van der Waals surface area contributed by atoms with Crippen molar-refractivity contribution in [1.82, 2.24) is 5.32 Å². The van der Waals surface area contributed by atoms with Gasteiger partial charge in [-0.15, -0.1) is 0 Å². The Balaban J connectivity index is 0.00000280. The quantitative estimate of drug-likeness (QED) is 0.285. The fourth-order valence-electron chi connectivity index (χ4n) is 4.69. The molecule has 4 rings (SSSR count). The van der Waals surface area contributed by atoms with E-state index in [0.717, 1.165) is 35.1 Å². The van der Waals surface area contributed by atoms with Crippen LogP contribution in [0.1, 0.15) is 34.9 Å². The van der Waals surface area contributed by atoms with Gasteiger partial charge in [-0.05, 0) is 83.2 Å². The number of rotatable bonds is 11. The van der Waals surface area contributed by atoms with E-state index < -0.39 is 12.0 Å². The molecule has 4 aromatic carbocycles. The molecular weight excluding hydrogens is 497 g/mol. The zero-order chi connectivity index (χ0) is 26.9. The second-order valence-electron chi connectivity index (χ2n) is 9.36. The maximum absolute atomic E-state index is 13.3. The SMILES string of the molecule is CSCC[C@H](NC(=O)c1ccc(CCc2ccccc2-c2ccccc2)cc1-c1ccccc1C)C(=O)O.[H-].[Li+]. The number of carbonyl (C=O) groups excluding carboxylic acids is 1. The molecule has 0 aliphatic heterocycles. The predicted octanol–water partition coefficient (Wildman–Crippen LogP) is 4.17. The summed E-state index contributed by atoms with van der Waals surface area (Å²) in [6.45, 7) is 2.03. The molecule has 0 saturated heterocycles. The third-order valence-electron chi connectivity index (χ3n) is 6.76. The van der Waals surface area contributed by atoms with Crippen molar-refractivity contribution < 1.29 is 35.0 Å². The maximum Gasteiger partial charge on any atom is 1.00 e. The van der Waals surface area contributed by atoms with Crippen molar-refractivity contribution in [3.8, 4) is 22.3 Å². The van der Waals surface area contributed by atoms with Gasteiger partial charge in [0.2, 0.25) is 0 Å². The number of benzene rings is 4. The molecule has 4 nitrogen and oxygen atoms in total. The van der Waals surface area contributed by atoms with Crippen LogP contribution in [0.5, 0.6) is 0 Å². The topological polar surface area (TPSA) is 66.4 Å². The van der Waals surface area contributed by atoms with E-state index in [-0.39, 0.29) is 26.2 Å². The average molecular weight is 532 g/mol. The van der Waals surface area contributed by atoms with Gasteiger partial charge in [0.05, 0.1) is 0 Å². The van der Waals surface area contributed by atoms with Crippen molar-refractivity contribution in [2.75, 3.05) is 12.0 Å². The van der Waals surface area contributed by atoms with Crippen molar-refractivity contribution in [2.24, 2.45) is 0 Å². The first-order valence-electron chi connectivity index (χ1n) is 12.8. The third-order valence-corrected chi connectivity index (χ3v) is 7.41. The van der Waals surface area contributed by atoms with Crippen molar-refractivity contribution in [3.63, 3.8) is 0 Å². The van der Waals surface area contributed by atoms with Crippen LogP contribution in [-0.4, -0.2) is 35.0 Å². The van der Waals surface area contributed by atoms with Gasteiger partial charge in [-0.2, -0.15) is 11.8 Å². The molecular formula is C33H34LiNO3S. The van der Waals surface area contributed by atoms with E-state index in [1.54, 1.807) is 11.8 Å². The Morgan fingerprint density at radius 2 is 1.51 bits per heavy atom. The van der Waals surface area contributed by atoms with Crippen LogP contribution in [0.3, 0.4) is 0 Å². The van der Waals surface area contributed by atoms with Gasteiger partial charge in [0.15, 0.2) is 0 Å². The van der Waals surface area contributed by atoms with Gasteiger partial charge < -0.3 is 11.8 Å². The van der Waals surface area contributed by atoms with E-state index >= 15 is 0 Å². The normalized spacial score (nSPS) is 11.3. The molecule has 0 saturated carbocycles. The standard InChI is InChI=1S/C33H33NO3S.Li.H/c1-23-10-6-8-14-27(23)30-22-24(17-19-29(30)32(35)34-31(33(36)37)20-21-38-2)16-18-26-13-7-9-15-28(26)25-11-4-3-5-12-25;;/h3-15,17,19,22,31H,16,18,20-21H2,1-2H3,(H,34,35)(H,36,37);;/q;+1;-1/t31-;;/m0../s1. The summed E-state index contributed by atoms with van der Waals surface area (Å²) < 4.78 is 0. The molecule has 4 aromatic rings. The molecule has 39 heavy (non-hydrogen) atoms. The Kier molecular flexibility index (Phi) is 11.5. The van der Waals surface area contributed by atoms with Gasteiger partial charge in [-0.1, -0.05) is 91.0 Å². The van der Waals surface area contributed by atoms with Crippen molar-refractivity contribution >= 4 is 23.6 Å². The molecule has 2 N–H and O–H groups in total. The fraction of sp³-hybridized carbons (Fsp3) is 0.212. The van der Waals surface area contributed by atoms with Gasteiger partial charge >= 0.3 is 24.8 Å². The minimum absolute atomic E-state index is 0. The molecule has 0 radical (unpaired) electrons. The number of carboxylic acids is 1. The van der Waals surface area contributed by atoms with Crippen molar-refractivity contribution in [1.29, 1.82) is 0 Å². The smallest absolute Gasteiger partial charge is 1.00 e. The Morgan fingerprint density at radius 1 is 0.846 bits per heavy atom. The van der Waals surface area contributed by atoms with Crippen LogP contribution < -0.4 is 24.2 Å². The average Bonchev–Trinajstić information content (AvgIpc) is 2.94. The van der Waals surface area contributed by atoms with Gasteiger partial charge in [-0.3, -0.25) is 4.79 Å². The Morgan fingerprint density at radius 3 is 2.21 bits per heavy atom. The summed E-state index contributed by atoms with van der Waals surface area (Å²) in [5, 5.41) is 12.4. The number of nitrogens with one attached hydrogen (secondary N) is 1. The van der Waals surface area contributed by atoms with Gasteiger partial charge in [0.25, 0.3) is 5.91 Å². The van der Waals surface area contributed by atoms with Crippen LogP contribution in [0.15, 0.2) is 97.1 Å². The number of carboxylic acid groups (broad SMARTS) is 1. The molecule has 1 atom stereocenters. The second-order valence-corrected chi connectivity index (χ2v) is 10.3. The van der Waals surface area contributed by atoms with Crippen LogP contribution in [0.25, 0.3) is 22.3 Å². The van der Waals surface area contributed by atoms with Crippen molar-refractivity contribution in [2.45, 2.75) is 32.2 Å². The summed E-state index contributed by atoms with van der Waals surface area (Å²) in [6.07, 6.45) is 3.98. The van der Waals surface area contributed by atoms with E-state index in [0.29, 0.717) is 17.7 Å². The summed E-state index contributed by atoms with van der Waals surface area (Å²) in [5.41, 5.74) is 8.17. The summed E-state index contributed by atoms with van der Waals surface area (Å²) in [6, 6.07) is 31.8.